The Morgan fingerprint density at radius 2 is 1.72 bits per heavy atom. The van der Waals surface area contributed by atoms with Gasteiger partial charge in [0.15, 0.2) is 11.6 Å². The van der Waals surface area contributed by atoms with Crippen LogP contribution in [0.15, 0.2) is 71.5 Å². The topological polar surface area (TPSA) is 202 Å². The first kappa shape index (κ1) is 45.4. The Balaban J connectivity index is 0.886. The minimum atomic E-state index is -1.04. The van der Waals surface area contributed by atoms with Gasteiger partial charge in [-0.2, -0.15) is 0 Å². The number of allylic oxidation sites excluding steroid dienone is 4. The number of nitrogens with zero attached hydrogens (tertiary/aromatic N) is 4. The van der Waals surface area contributed by atoms with Crippen LogP contribution in [-0.4, -0.2) is 113 Å². The number of pyridine rings is 1. The van der Waals surface area contributed by atoms with E-state index in [-0.39, 0.29) is 53.8 Å². The van der Waals surface area contributed by atoms with Gasteiger partial charge in [0, 0.05) is 118 Å². The number of carbonyl (C=O) groups excluding carboxylic acids is 7. The molecule has 0 saturated carbocycles. The van der Waals surface area contributed by atoms with Crippen LogP contribution in [0.2, 0.25) is 0 Å². The van der Waals surface area contributed by atoms with E-state index in [9.17, 15) is 33.6 Å². The zero-order valence-corrected chi connectivity index (χ0v) is 37.0. The third kappa shape index (κ3) is 10.1. The normalized spacial score (nSPS) is 18.0. The summed E-state index contributed by atoms with van der Waals surface area (Å²) in [7, 11) is 0. The summed E-state index contributed by atoms with van der Waals surface area (Å²) in [4.78, 5) is 100. The number of nitrogens with one attached hydrogen (secondary N) is 4. The number of aromatic nitrogens is 1. The molecule has 4 amide bonds. The lowest BCUT2D eigenvalue weighted by Gasteiger charge is -2.35. The number of ketones is 3. The van der Waals surface area contributed by atoms with Crippen molar-refractivity contribution in [1.29, 1.82) is 5.41 Å². The Hall–Kier alpha value is -6.61. The summed E-state index contributed by atoms with van der Waals surface area (Å²) in [6.07, 6.45) is 7.38. The van der Waals surface area contributed by atoms with Crippen molar-refractivity contribution in [2.45, 2.75) is 91.1 Å². The van der Waals surface area contributed by atoms with E-state index in [0.717, 1.165) is 59.2 Å². The highest BCUT2D eigenvalue weighted by molar-refractivity contribution is 6.25. The number of hydrogen-bond acceptors (Lipinski definition) is 13. The SMILES string of the molecule is CC1=CC(C)=C(CCC(=O)c2cc(-c3ccc(N4CCN(CCC(=O)CCCNc5cccc6c5C(=O)N(C5CCC(=O)NC5=O)C6=O)CC4)nc3)cc(NC(C)C)c2C=N)C(=O)C1. The van der Waals surface area contributed by atoms with Crippen molar-refractivity contribution in [3.05, 3.63) is 93.7 Å². The molecular weight excluding hydrogens is 813 g/mol. The van der Waals surface area contributed by atoms with Gasteiger partial charge in [-0.05, 0) is 100 Å². The van der Waals surface area contributed by atoms with Crippen LogP contribution in [0.4, 0.5) is 17.2 Å². The van der Waals surface area contributed by atoms with E-state index in [1.807, 2.05) is 64.2 Å². The second-order valence-electron chi connectivity index (χ2n) is 17.3. The first-order valence-corrected chi connectivity index (χ1v) is 22.1. The number of amides is 4. The van der Waals surface area contributed by atoms with Crippen LogP contribution >= 0.6 is 0 Å². The number of fused-ring (bicyclic) bond motifs is 1. The number of carbonyl (C=O) groups is 7. The van der Waals surface area contributed by atoms with Gasteiger partial charge < -0.3 is 20.9 Å². The fourth-order valence-electron chi connectivity index (χ4n) is 8.96. The average Bonchev–Trinajstić information content (AvgIpc) is 3.52. The lowest BCUT2D eigenvalue weighted by atomic mass is 9.88. The average molecular weight is 869 g/mol. The molecule has 1 aliphatic carbocycles. The minimum Gasteiger partial charge on any atom is -0.384 e. The zero-order chi connectivity index (χ0) is 45.7. The molecule has 0 spiro atoms. The second-order valence-corrected chi connectivity index (χ2v) is 17.3. The molecule has 334 valence electrons. The Bertz CT molecular complexity index is 2460. The monoisotopic (exact) mass is 868 g/mol. The molecule has 4 heterocycles. The van der Waals surface area contributed by atoms with Gasteiger partial charge in [-0.1, -0.05) is 17.7 Å². The summed E-state index contributed by atoms with van der Waals surface area (Å²) in [6.45, 7) is 12.0. The number of piperidine rings is 1. The van der Waals surface area contributed by atoms with Gasteiger partial charge in [0.2, 0.25) is 11.8 Å². The highest BCUT2D eigenvalue weighted by Gasteiger charge is 2.45. The van der Waals surface area contributed by atoms with Gasteiger partial charge in [0.05, 0.1) is 11.1 Å². The number of hydrogen-bond donors (Lipinski definition) is 4. The highest BCUT2D eigenvalue weighted by atomic mass is 16.2. The van der Waals surface area contributed by atoms with Gasteiger partial charge >= 0.3 is 0 Å². The van der Waals surface area contributed by atoms with E-state index in [0.29, 0.717) is 73.3 Å². The molecule has 7 rings (SSSR count). The number of anilines is 3. The van der Waals surface area contributed by atoms with Crippen LogP contribution < -0.4 is 20.9 Å². The maximum absolute atomic E-state index is 13.8. The van der Waals surface area contributed by atoms with Crippen LogP contribution in [0.5, 0.6) is 0 Å². The van der Waals surface area contributed by atoms with E-state index >= 15 is 0 Å². The number of piperazine rings is 1. The maximum atomic E-state index is 13.8. The summed E-state index contributed by atoms with van der Waals surface area (Å²) in [6, 6.07) is 11.7. The van der Waals surface area contributed by atoms with E-state index in [1.54, 1.807) is 18.2 Å². The van der Waals surface area contributed by atoms with Crippen molar-refractivity contribution in [3.8, 4) is 11.1 Å². The fourth-order valence-corrected chi connectivity index (χ4v) is 8.96. The van der Waals surface area contributed by atoms with Crippen molar-refractivity contribution in [2.75, 3.05) is 54.8 Å². The van der Waals surface area contributed by atoms with Gasteiger partial charge in [-0.3, -0.25) is 48.7 Å². The Kier molecular flexibility index (Phi) is 14.1. The Morgan fingerprint density at radius 3 is 2.41 bits per heavy atom. The first-order valence-electron chi connectivity index (χ1n) is 22.1. The predicted molar refractivity (Wildman–Crippen MR) is 245 cm³/mol. The molecule has 15 nitrogen and oxygen atoms in total. The second kappa shape index (κ2) is 19.8. The number of Topliss-reactive ketones (excluding diaryl/α,β-unsaturated/α-hetero) is 3. The van der Waals surface area contributed by atoms with Crippen molar-refractivity contribution in [1.82, 2.24) is 20.1 Å². The Labute approximate surface area is 373 Å². The standard InChI is InChI=1S/C49H56N8O7/c1-29(2)53-40-26-33(25-37(38(40)27-50)42(59)13-11-35-31(4)23-30(3)24-43(35)60)32-10-14-44(52-28-32)56-21-19-55(20-22-56)18-16-34(58)7-6-17-51-39-9-5-8-36-46(39)49(64)57(48(36)63)41-12-15-45(61)54-47(41)62/h5,8-10,14,23,25-29,41,50-51,53H,6-7,11-13,15-22,24H2,1-4H3,(H,54,61,62). The molecule has 4 N–H and O–H groups in total. The third-order valence-electron chi connectivity index (χ3n) is 12.3. The molecule has 15 heteroatoms. The fraction of sp³-hybridized carbons (Fsp3) is 0.408. The summed E-state index contributed by atoms with van der Waals surface area (Å²) >= 11 is 0. The van der Waals surface area contributed by atoms with Crippen LogP contribution in [0.3, 0.4) is 0 Å². The first-order chi connectivity index (χ1) is 30.7. The summed E-state index contributed by atoms with van der Waals surface area (Å²) < 4.78 is 0. The smallest absolute Gasteiger partial charge is 0.264 e. The molecule has 2 fully saturated rings. The van der Waals surface area contributed by atoms with E-state index in [4.69, 9.17) is 10.4 Å². The molecule has 64 heavy (non-hydrogen) atoms. The predicted octanol–water partition coefficient (Wildman–Crippen LogP) is 6.14. The minimum absolute atomic E-state index is 0.0482. The largest absolute Gasteiger partial charge is 0.384 e. The van der Waals surface area contributed by atoms with Crippen molar-refractivity contribution in [3.63, 3.8) is 0 Å². The molecular formula is C49H56N8O7. The summed E-state index contributed by atoms with van der Waals surface area (Å²) in [5, 5.41) is 17.0. The number of imide groups is 2. The lowest BCUT2D eigenvalue weighted by molar-refractivity contribution is -0.136. The molecule has 3 aromatic rings. The molecule has 2 aromatic carbocycles. The molecule has 4 aliphatic rings. The molecule has 0 bridgehead atoms. The molecule has 1 atom stereocenters. The quantitative estimate of drug-likeness (QED) is 0.0493. The molecule has 0 radical (unpaired) electrons. The number of benzene rings is 2. The number of rotatable bonds is 18. The molecule has 1 unspecified atom stereocenters. The Morgan fingerprint density at radius 1 is 0.938 bits per heavy atom. The van der Waals surface area contributed by atoms with Gasteiger partial charge in [0.1, 0.15) is 17.6 Å². The van der Waals surface area contributed by atoms with E-state index in [2.05, 4.69) is 25.8 Å². The van der Waals surface area contributed by atoms with Crippen LogP contribution in [-0.2, 0) is 19.2 Å². The molecule has 3 aliphatic heterocycles. The van der Waals surface area contributed by atoms with Gasteiger partial charge in [0.25, 0.3) is 11.8 Å². The third-order valence-corrected chi connectivity index (χ3v) is 12.3. The zero-order valence-electron chi connectivity index (χ0n) is 37.0. The summed E-state index contributed by atoms with van der Waals surface area (Å²) in [5.41, 5.74) is 6.78. The highest BCUT2D eigenvalue weighted by Crippen LogP contribution is 2.34. The van der Waals surface area contributed by atoms with Crippen molar-refractivity contribution in [2.24, 2.45) is 0 Å². The van der Waals surface area contributed by atoms with Crippen LogP contribution in [0.1, 0.15) is 116 Å². The lowest BCUT2D eigenvalue weighted by Crippen LogP contribution is -2.54. The van der Waals surface area contributed by atoms with Crippen molar-refractivity contribution < 1.29 is 33.6 Å². The maximum Gasteiger partial charge on any atom is 0.264 e. The van der Waals surface area contributed by atoms with Crippen molar-refractivity contribution >= 4 is 64.4 Å². The van der Waals surface area contributed by atoms with Gasteiger partial charge in [-0.15, -0.1) is 0 Å². The molecule has 1 aromatic heterocycles. The molecule has 2 saturated heterocycles. The van der Waals surface area contributed by atoms with Gasteiger partial charge in [-0.25, -0.2) is 4.98 Å². The summed E-state index contributed by atoms with van der Waals surface area (Å²) in [5.74, 6) is -1.31. The van der Waals surface area contributed by atoms with E-state index < -0.39 is 29.7 Å². The van der Waals surface area contributed by atoms with E-state index in [1.165, 1.54) is 6.21 Å². The van der Waals surface area contributed by atoms with Crippen LogP contribution in [0, 0.1) is 5.41 Å². The van der Waals surface area contributed by atoms with Crippen LogP contribution in [0.25, 0.3) is 11.1 Å².